The third-order valence-electron chi connectivity index (χ3n) is 3.92. The van der Waals surface area contributed by atoms with Gasteiger partial charge in [0.05, 0.1) is 0 Å². The predicted octanol–water partition coefficient (Wildman–Crippen LogP) is 0.622. The number of nitrogens with one attached hydrogen (secondary N) is 1. The van der Waals surface area contributed by atoms with E-state index in [9.17, 15) is 0 Å². The Balaban J connectivity index is 1.79. The quantitative estimate of drug-likeness (QED) is 0.722. The third kappa shape index (κ3) is 2.92. The summed E-state index contributed by atoms with van der Waals surface area (Å²) in [5.41, 5.74) is 0. The first-order chi connectivity index (χ1) is 7.29. The van der Waals surface area contributed by atoms with Gasteiger partial charge in [0.15, 0.2) is 0 Å². The Morgan fingerprint density at radius 1 is 1.13 bits per heavy atom. The van der Waals surface area contributed by atoms with Gasteiger partial charge in [-0.2, -0.15) is 0 Å². The predicted molar refractivity (Wildman–Crippen MR) is 64.1 cm³/mol. The average Bonchev–Trinajstić information content (AvgIpc) is 2.29. The molecule has 2 heterocycles. The number of piperidine rings is 1. The van der Waals surface area contributed by atoms with E-state index in [0.29, 0.717) is 0 Å². The van der Waals surface area contributed by atoms with E-state index < -0.39 is 0 Å². The Bertz CT molecular complexity index is 187. The van der Waals surface area contributed by atoms with Crippen molar-refractivity contribution in [1.82, 2.24) is 15.1 Å². The zero-order chi connectivity index (χ0) is 10.7. The molecule has 0 amide bonds. The third-order valence-corrected chi connectivity index (χ3v) is 3.92. The molecule has 0 spiro atoms. The number of piperazine rings is 1. The van der Waals surface area contributed by atoms with Gasteiger partial charge in [0.25, 0.3) is 0 Å². The van der Waals surface area contributed by atoms with Crippen molar-refractivity contribution in [2.24, 2.45) is 5.92 Å². The molecule has 2 aliphatic heterocycles. The van der Waals surface area contributed by atoms with Gasteiger partial charge in [-0.15, -0.1) is 0 Å². The van der Waals surface area contributed by atoms with Crippen LogP contribution < -0.4 is 5.32 Å². The fourth-order valence-corrected chi connectivity index (χ4v) is 2.85. The summed E-state index contributed by atoms with van der Waals surface area (Å²) in [5.74, 6) is 0.855. The molecule has 0 bridgehead atoms. The first-order valence-electron chi connectivity index (χ1n) is 6.46. The molecule has 2 saturated heterocycles. The summed E-state index contributed by atoms with van der Waals surface area (Å²) in [6.45, 7) is 13.3. The van der Waals surface area contributed by atoms with E-state index >= 15 is 0 Å². The number of hydrogen-bond acceptors (Lipinski definition) is 3. The van der Waals surface area contributed by atoms with E-state index in [4.69, 9.17) is 0 Å². The Labute approximate surface area is 93.8 Å². The molecular weight excluding hydrogens is 186 g/mol. The highest BCUT2D eigenvalue weighted by molar-refractivity contribution is 4.84. The lowest BCUT2D eigenvalue weighted by Crippen LogP contribution is -2.55. The minimum atomic E-state index is 0.799. The summed E-state index contributed by atoms with van der Waals surface area (Å²) < 4.78 is 0. The largest absolute Gasteiger partial charge is 0.315 e. The highest BCUT2D eigenvalue weighted by atomic mass is 15.3. The van der Waals surface area contributed by atoms with Crippen LogP contribution in [0.2, 0.25) is 0 Å². The summed E-state index contributed by atoms with van der Waals surface area (Å²) in [5, 5.41) is 3.55. The molecular formula is C12H25N3. The first-order valence-corrected chi connectivity index (χ1v) is 6.46. The molecule has 2 unspecified atom stereocenters. The molecule has 0 radical (unpaired) electrons. The molecule has 0 aliphatic carbocycles. The van der Waals surface area contributed by atoms with Crippen molar-refractivity contribution in [2.45, 2.75) is 26.3 Å². The van der Waals surface area contributed by atoms with Crippen LogP contribution in [0.5, 0.6) is 0 Å². The topological polar surface area (TPSA) is 18.5 Å². The molecule has 2 atom stereocenters. The molecule has 3 nitrogen and oxygen atoms in total. The van der Waals surface area contributed by atoms with Crippen molar-refractivity contribution in [2.75, 3.05) is 45.8 Å². The summed E-state index contributed by atoms with van der Waals surface area (Å²) >= 11 is 0. The molecule has 3 heteroatoms. The second-order valence-corrected chi connectivity index (χ2v) is 5.12. The van der Waals surface area contributed by atoms with Crippen molar-refractivity contribution >= 4 is 0 Å². The second-order valence-electron chi connectivity index (χ2n) is 5.12. The fourth-order valence-electron chi connectivity index (χ4n) is 2.85. The van der Waals surface area contributed by atoms with Crippen LogP contribution in [0.3, 0.4) is 0 Å². The maximum Gasteiger partial charge on any atom is 0.0224 e. The SMILES string of the molecule is CCN1CCN(C2CNCC(C)C2)CC1. The lowest BCUT2D eigenvalue weighted by molar-refractivity contribution is 0.0779. The highest BCUT2D eigenvalue weighted by Gasteiger charge is 2.26. The molecule has 2 fully saturated rings. The maximum absolute atomic E-state index is 3.55. The zero-order valence-corrected chi connectivity index (χ0v) is 10.2. The Kier molecular flexibility index (Phi) is 4.00. The summed E-state index contributed by atoms with van der Waals surface area (Å²) in [6, 6.07) is 0.799. The fraction of sp³-hybridized carbons (Fsp3) is 1.00. The van der Waals surface area contributed by atoms with E-state index in [1.807, 2.05) is 0 Å². The molecule has 0 aromatic rings. The van der Waals surface area contributed by atoms with Crippen molar-refractivity contribution in [1.29, 1.82) is 0 Å². The summed E-state index contributed by atoms with van der Waals surface area (Å²) in [4.78, 5) is 5.24. The maximum atomic E-state index is 3.55. The molecule has 15 heavy (non-hydrogen) atoms. The number of rotatable bonds is 2. The number of hydrogen-bond donors (Lipinski definition) is 1. The minimum absolute atomic E-state index is 0.799. The van der Waals surface area contributed by atoms with E-state index in [0.717, 1.165) is 12.0 Å². The van der Waals surface area contributed by atoms with Crippen LogP contribution in [0, 0.1) is 5.92 Å². The van der Waals surface area contributed by atoms with Crippen LogP contribution in [0.15, 0.2) is 0 Å². The lowest BCUT2D eigenvalue weighted by Gasteiger charge is -2.41. The van der Waals surface area contributed by atoms with Gasteiger partial charge >= 0.3 is 0 Å². The van der Waals surface area contributed by atoms with Crippen LogP contribution >= 0.6 is 0 Å². The van der Waals surface area contributed by atoms with Gasteiger partial charge in [-0.25, -0.2) is 0 Å². The van der Waals surface area contributed by atoms with Crippen LogP contribution in [0.25, 0.3) is 0 Å². The first kappa shape index (κ1) is 11.4. The van der Waals surface area contributed by atoms with Crippen molar-refractivity contribution in [3.63, 3.8) is 0 Å². The molecule has 0 saturated carbocycles. The van der Waals surface area contributed by atoms with Crippen LogP contribution in [-0.4, -0.2) is 61.7 Å². The van der Waals surface area contributed by atoms with Crippen LogP contribution in [-0.2, 0) is 0 Å². The Hall–Kier alpha value is -0.120. The Morgan fingerprint density at radius 3 is 2.47 bits per heavy atom. The van der Waals surface area contributed by atoms with E-state index in [2.05, 4.69) is 29.0 Å². The van der Waals surface area contributed by atoms with Gasteiger partial charge in [-0.05, 0) is 25.4 Å². The lowest BCUT2D eigenvalue weighted by atomic mass is 9.96. The van der Waals surface area contributed by atoms with Gasteiger partial charge < -0.3 is 10.2 Å². The Morgan fingerprint density at radius 2 is 1.87 bits per heavy atom. The van der Waals surface area contributed by atoms with Gasteiger partial charge in [0.2, 0.25) is 0 Å². The van der Waals surface area contributed by atoms with Gasteiger partial charge in [0, 0.05) is 38.8 Å². The van der Waals surface area contributed by atoms with Crippen molar-refractivity contribution in [3.8, 4) is 0 Å². The molecule has 0 aromatic carbocycles. The van der Waals surface area contributed by atoms with Gasteiger partial charge in [-0.1, -0.05) is 13.8 Å². The van der Waals surface area contributed by atoms with Crippen LogP contribution in [0.1, 0.15) is 20.3 Å². The normalized spacial score (nSPS) is 35.6. The minimum Gasteiger partial charge on any atom is -0.315 e. The zero-order valence-electron chi connectivity index (χ0n) is 10.2. The standard InChI is InChI=1S/C12H25N3/c1-3-14-4-6-15(7-5-14)12-8-11(2)9-13-10-12/h11-13H,3-10H2,1-2H3. The van der Waals surface area contributed by atoms with E-state index in [1.165, 1.54) is 52.2 Å². The summed E-state index contributed by atoms with van der Waals surface area (Å²) in [7, 11) is 0. The van der Waals surface area contributed by atoms with Gasteiger partial charge in [0.1, 0.15) is 0 Å². The summed E-state index contributed by atoms with van der Waals surface area (Å²) in [6.07, 6.45) is 1.39. The molecule has 2 rings (SSSR count). The second kappa shape index (κ2) is 5.28. The van der Waals surface area contributed by atoms with E-state index in [1.54, 1.807) is 0 Å². The molecule has 2 aliphatic rings. The monoisotopic (exact) mass is 211 g/mol. The smallest absolute Gasteiger partial charge is 0.0224 e. The number of nitrogens with zero attached hydrogens (tertiary/aromatic N) is 2. The molecule has 1 N–H and O–H groups in total. The van der Waals surface area contributed by atoms with Crippen LogP contribution in [0.4, 0.5) is 0 Å². The van der Waals surface area contributed by atoms with Crippen molar-refractivity contribution in [3.05, 3.63) is 0 Å². The molecule has 88 valence electrons. The average molecular weight is 211 g/mol. The number of likely N-dealkylation sites (N-methyl/N-ethyl adjacent to an activating group) is 1. The van der Waals surface area contributed by atoms with Crippen molar-refractivity contribution < 1.29 is 0 Å². The molecule has 0 aromatic heterocycles. The van der Waals surface area contributed by atoms with Gasteiger partial charge in [-0.3, -0.25) is 4.90 Å². The highest BCUT2D eigenvalue weighted by Crippen LogP contribution is 2.16. The van der Waals surface area contributed by atoms with E-state index in [-0.39, 0.29) is 0 Å².